The summed E-state index contributed by atoms with van der Waals surface area (Å²) in [5.74, 6) is 1.12. The highest BCUT2D eigenvalue weighted by Crippen LogP contribution is 2.28. The number of likely N-dealkylation sites (tertiary alicyclic amines) is 1. The van der Waals surface area contributed by atoms with E-state index in [2.05, 4.69) is 15.5 Å². The molecule has 1 heterocycles. The summed E-state index contributed by atoms with van der Waals surface area (Å²) in [6, 6.07) is 0.922. The predicted octanol–water partition coefficient (Wildman–Crippen LogP) is 0.975. The number of piperidine rings is 1. The first-order chi connectivity index (χ1) is 8.63. The largest absolute Gasteiger partial charge is 0.353 e. The van der Waals surface area contributed by atoms with E-state index in [0.29, 0.717) is 12.6 Å². The molecule has 1 aliphatic carbocycles. The van der Waals surface area contributed by atoms with Gasteiger partial charge in [-0.25, -0.2) is 0 Å². The Labute approximate surface area is 110 Å². The highest BCUT2D eigenvalue weighted by molar-refractivity contribution is 5.78. The van der Waals surface area contributed by atoms with Crippen LogP contribution in [0.3, 0.4) is 0 Å². The van der Waals surface area contributed by atoms with Crippen LogP contribution in [-0.2, 0) is 4.79 Å². The molecule has 2 N–H and O–H groups in total. The molecule has 0 aromatic heterocycles. The molecule has 4 nitrogen and oxygen atoms in total. The van der Waals surface area contributed by atoms with Gasteiger partial charge in [0.2, 0.25) is 5.91 Å². The second-order valence-electron chi connectivity index (χ2n) is 6.12. The lowest BCUT2D eigenvalue weighted by Gasteiger charge is -2.32. The zero-order chi connectivity index (χ0) is 13.0. The van der Waals surface area contributed by atoms with Gasteiger partial charge in [0, 0.05) is 25.2 Å². The third kappa shape index (κ3) is 4.94. The lowest BCUT2D eigenvalue weighted by atomic mass is 10.0. The maximum Gasteiger partial charge on any atom is 0.234 e. The van der Waals surface area contributed by atoms with Crippen molar-refractivity contribution in [3.05, 3.63) is 0 Å². The van der Waals surface area contributed by atoms with E-state index in [9.17, 15) is 4.79 Å². The summed E-state index contributed by atoms with van der Waals surface area (Å²) in [7, 11) is 0. The van der Waals surface area contributed by atoms with E-state index >= 15 is 0 Å². The van der Waals surface area contributed by atoms with Gasteiger partial charge in [0.1, 0.15) is 0 Å². The average molecular weight is 253 g/mol. The van der Waals surface area contributed by atoms with Gasteiger partial charge in [0.15, 0.2) is 0 Å². The number of carbonyl (C=O) groups is 1. The van der Waals surface area contributed by atoms with Crippen molar-refractivity contribution in [2.45, 2.75) is 51.6 Å². The highest BCUT2D eigenvalue weighted by Gasteiger charge is 2.24. The molecule has 18 heavy (non-hydrogen) atoms. The smallest absolute Gasteiger partial charge is 0.234 e. The first-order valence-electron chi connectivity index (χ1n) is 7.38. The van der Waals surface area contributed by atoms with Crippen molar-refractivity contribution in [1.29, 1.82) is 0 Å². The summed E-state index contributed by atoms with van der Waals surface area (Å²) >= 11 is 0. The summed E-state index contributed by atoms with van der Waals surface area (Å²) in [5, 5.41) is 6.62. The van der Waals surface area contributed by atoms with Gasteiger partial charge in [-0.3, -0.25) is 9.69 Å². The maximum absolute atomic E-state index is 11.7. The molecule has 0 aromatic rings. The van der Waals surface area contributed by atoms with Crippen molar-refractivity contribution in [2.75, 3.05) is 26.2 Å². The fraction of sp³-hybridized carbons (Fsp3) is 0.929. The summed E-state index contributed by atoms with van der Waals surface area (Å²) in [5.41, 5.74) is 0. The third-order valence-electron chi connectivity index (χ3n) is 3.80. The molecule has 0 spiro atoms. The number of nitrogens with one attached hydrogen (secondary N) is 2. The predicted molar refractivity (Wildman–Crippen MR) is 73.5 cm³/mol. The number of nitrogens with zero attached hydrogens (tertiary/aromatic N) is 1. The Balaban J connectivity index is 1.58. The highest BCUT2D eigenvalue weighted by atomic mass is 16.2. The van der Waals surface area contributed by atoms with Gasteiger partial charge in [-0.2, -0.15) is 0 Å². The molecule has 2 rings (SSSR count). The van der Waals surface area contributed by atoms with Crippen molar-refractivity contribution in [2.24, 2.45) is 5.92 Å². The molecule has 0 atom stereocenters. The molecule has 0 radical (unpaired) electrons. The lowest BCUT2D eigenvalue weighted by molar-refractivity contribution is -0.123. The quantitative estimate of drug-likeness (QED) is 0.741. The molecular weight excluding hydrogens is 226 g/mol. The average Bonchev–Trinajstić information content (AvgIpc) is 3.11. The minimum atomic E-state index is 0.161. The van der Waals surface area contributed by atoms with Crippen molar-refractivity contribution in [3.8, 4) is 0 Å². The Bertz CT molecular complexity index is 268. The van der Waals surface area contributed by atoms with Gasteiger partial charge in [0.05, 0.1) is 6.54 Å². The van der Waals surface area contributed by atoms with Crippen LogP contribution < -0.4 is 10.6 Å². The van der Waals surface area contributed by atoms with E-state index in [1.54, 1.807) is 0 Å². The van der Waals surface area contributed by atoms with Crippen molar-refractivity contribution in [1.82, 2.24) is 15.5 Å². The molecular formula is C14H27N3O. The van der Waals surface area contributed by atoms with Gasteiger partial charge in [-0.1, -0.05) is 0 Å². The van der Waals surface area contributed by atoms with E-state index in [4.69, 9.17) is 0 Å². The monoisotopic (exact) mass is 253 g/mol. The summed E-state index contributed by atoms with van der Waals surface area (Å²) < 4.78 is 0. The fourth-order valence-corrected chi connectivity index (χ4v) is 2.52. The fourth-order valence-electron chi connectivity index (χ4n) is 2.52. The molecule has 1 saturated heterocycles. The van der Waals surface area contributed by atoms with E-state index in [-0.39, 0.29) is 11.9 Å². The van der Waals surface area contributed by atoms with Gasteiger partial charge < -0.3 is 10.6 Å². The van der Waals surface area contributed by atoms with Crippen LogP contribution in [0.5, 0.6) is 0 Å². The second kappa shape index (κ2) is 6.53. The summed E-state index contributed by atoms with van der Waals surface area (Å²) in [6.07, 6.45) is 5.20. The molecule has 4 heteroatoms. The van der Waals surface area contributed by atoms with Crippen LogP contribution >= 0.6 is 0 Å². The SMILES string of the molecule is CC(C)NC(=O)CN1CCC(NCC2CC2)CC1. The molecule has 1 amide bonds. The van der Waals surface area contributed by atoms with Gasteiger partial charge >= 0.3 is 0 Å². The molecule has 2 aliphatic rings. The Kier molecular flexibility index (Phi) is 5.01. The Morgan fingerprint density at radius 1 is 1.22 bits per heavy atom. The molecule has 2 fully saturated rings. The van der Waals surface area contributed by atoms with Crippen LogP contribution in [0.2, 0.25) is 0 Å². The number of hydrogen-bond donors (Lipinski definition) is 2. The summed E-state index contributed by atoms with van der Waals surface area (Å²) in [4.78, 5) is 13.9. The van der Waals surface area contributed by atoms with Crippen LogP contribution in [0.4, 0.5) is 0 Å². The zero-order valence-corrected chi connectivity index (χ0v) is 11.7. The number of carbonyl (C=O) groups excluding carboxylic acids is 1. The van der Waals surface area contributed by atoms with Crippen molar-refractivity contribution >= 4 is 5.91 Å². The zero-order valence-electron chi connectivity index (χ0n) is 11.7. The maximum atomic E-state index is 11.7. The van der Waals surface area contributed by atoms with Gasteiger partial charge in [0.25, 0.3) is 0 Å². The Hall–Kier alpha value is -0.610. The third-order valence-corrected chi connectivity index (χ3v) is 3.80. The van der Waals surface area contributed by atoms with E-state index in [1.807, 2.05) is 13.8 Å². The van der Waals surface area contributed by atoms with Crippen LogP contribution in [0.15, 0.2) is 0 Å². The minimum absolute atomic E-state index is 0.161. The minimum Gasteiger partial charge on any atom is -0.353 e. The molecule has 0 unspecified atom stereocenters. The van der Waals surface area contributed by atoms with Crippen LogP contribution in [-0.4, -0.2) is 49.1 Å². The lowest BCUT2D eigenvalue weighted by Crippen LogP contribution is -2.47. The molecule has 1 aliphatic heterocycles. The van der Waals surface area contributed by atoms with Crippen LogP contribution in [0, 0.1) is 5.92 Å². The molecule has 0 bridgehead atoms. The molecule has 0 aromatic carbocycles. The Morgan fingerprint density at radius 2 is 1.89 bits per heavy atom. The van der Waals surface area contributed by atoms with E-state index < -0.39 is 0 Å². The van der Waals surface area contributed by atoms with Crippen LogP contribution in [0.25, 0.3) is 0 Å². The molecule has 1 saturated carbocycles. The second-order valence-corrected chi connectivity index (χ2v) is 6.12. The first kappa shape index (κ1) is 13.8. The first-order valence-corrected chi connectivity index (χ1v) is 7.38. The normalized spacial score (nSPS) is 22.4. The van der Waals surface area contributed by atoms with Gasteiger partial charge in [-0.05, 0) is 52.0 Å². The number of rotatable bonds is 6. The van der Waals surface area contributed by atoms with Crippen molar-refractivity contribution < 1.29 is 4.79 Å². The number of hydrogen-bond acceptors (Lipinski definition) is 3. The van der Waals surface area contributed by atoms with Crippen LogP contribution in [0.1, 0.15) is 39.5 Å². The van der Waals surface area contributed by atoms with Gasteiger partial charge in [-0.15, -0.1) is 0 Å². The Morgan fingerprint density at radius 3 is 2.44 bits per heavy atom. The van der Waals surface area contributed by atoms with E-state index in [0.717, 1.165) is 19.0 Å². The van der Waals surface area contributed by atoms with E-state index in [1.165, 1.54) is 32.2 Å². The van der Waals surface area contributed by atoms with Crippen molar-refractivity contribution in [3.63, 3.8) is 0 Å². The number of amides is 1. The standard InChI is InChI=1S/C14H27N3O/c1-11(2)16-14(18)10-17-7-5-13(6-8-17)15-9-12-3-4-12/h11-13,15H,3-10H2,1-2H3,(H,16,18). The molecule has 104 valence electrons. The topological polar surface area (TPSA) is 44.4 Å². The summed E-state index contributed by atoms with van der Waals surface area (Å²) in [6.45, 7) is 7.88.